The van der Waals surface area contributed by atoms with Gasteiger partial charge in [-0.15, -0.1) is 0 Å². The summed E-state index contributed by atoms with van der Waals surface area (Å²) in [5, 5.41) is 9.42. The Morgan fingerprint density at radius 2 is 1.78 bits per heavy atom. The summed E-state index contributed by atoms with van der Waals surface area (Å²) in [6.45, 7) is 0. The molecule has 1 N–H and O–H groups in total. The second kappa shape index (κ2) is 1.20. The van der Waals surface area contributed by atoms with Gasteiger partial charge in [-0.2, -0.15) is 0 Å². The minimum absolute atomic E-state index is 0.0961. The number of aliphatic hydroxyl groups excluding tert-OH is 1. The molecule has 1 nitrogen and oxygen atoms in total. The van der Waals surface area contributed by atoms with Crippen LogP contribution in [0.25, 0.3) is 0 Å². The molecule has 0 amide bonds. The predicted octanol–water partition coefficient (Wildman–Crippen LogP) is 1.02. The van der Waals surface area contributed by atoms with Crippen LogP contribution in [0.4, 0.5) is 0 Å². The highest BCUT2D eigenvalue weighted by Crippen LogP contribution is 2.65. The Morgan fingerprint density at radius 3 is 2.33 bits per heavy atom. The van der Waals surface area contributed by atoms with E-state index in [1.54, 1.807) is 0 Å². The monoisotopic (exact) mass is 124 g/mol. The molecule has 0 aliphatic heterocycles. The molecule has 0 spiro atoms. The quantitative estimate of drug-likeness (QED) is 0.511. The van der Waals surface area contributed by atoms with Gasteiger partial charge in [0.2, 0.25) is 0 Å². The Morgan fingerprint density at radius 1 is 0.889 bits per heavy atom. The van der Waals surface area contributed by atoms with Crippen LogP contribution in [0.2, 0.25) is 0 Å². The molecule has 0 aromatic heterocycles. The molecular formula is C8H12O. The van der Waals surface area contributed by atoms with Crippen LogP contribution in [-0.4, -0.2) is 11.2 Å². The molecule has 0 aromatic rings. The van der Waals surface area contributed by atoms with E-state index in [4.69, 9.17) is 0 Å². The minimum Gasteiger partial charge on any atom is -0.393 e. The summed E-state index contributed by atoms with van der Waals surface area (Å²) in [7, 11) is 0. The van der Waals surface area contributed by atoms with Gasteiger partial charge in [0.1, 0.15) is 0 Å². The molecule has 0 saturated heterocycles. The molecule has 3 saturated carbocycles. The van der Waals surface area contributed by atoms with E-state index in [0.717, 1.165) is 30.1 Å². The van der Waals surface area contributed by atoms with Crippen LogP contribution in [0.3, 0.4) is 0 Å². The van der Waals surface area contributed by atoms with Crippen molar-refractivity contribution in [3.63, 3.8) is 0 Å². The normalized spacial score (nSPS) is 68.3. The van der Waals surface area contributed by atoms with Gasteiger partial charge in [0.15, 0.2) is 0 Å². The fourth-order valence-electron chi connectivity index (χ4n) is 3.17. The zero-order valence-corrected chi connectivity index (χ0v) is 5.46. The van der Waals surface area contributed by atoms with E-state index in [0.29, 0.717) is 0 Å². The Kier molecular flexibility index (Phi) is 0.628. The van der Waals surface area contributed by atoms with E-state index in [1.807, 2.05) is 0 Å². The average molecular weight is 124 g/mol. The maximum Gasteiger partial charge on any atom is 0.0574 e. The van der Waals surface area contributed by atoms with E-state index in [-0.39, 0.29) is 6.10 Å². The Bertz CT molecular complexity index is 151. The molecule has 3 aliphatic carbocycles. The molecule has 5 atom stereocenters. The molecule has 3 rings (SSSR count). The summed E-state index contributed by atoms with van der Waals surface area (Å²) in [5.41, 5.74) is 0. The Balaban J connectivity index is 1.96. The standard InChI is InChI=1S/C8H12O/c9-8-2-4-1-7(8)6-3-5(4)6/h4-9H,1-3H2/t4-,5-,6-,7-,8+/m1/s1. The van der Waals surface area contributed by atoms with Crippen LogP contribution in [-0.2, 0) is 0 Å². The smallest absolute Gasteiger partial charge is 0.0574 e. The number of fused-ring (bicyclic) bond motifs is 5. The summed E-state index contributed by atoms with van der Waals surface area (Å²) in [6, 6.07) is 0. The average Bonchev–Trinajstić information content (AvgIpc) is 2.46. The maximum atomic E-state index is 9.42. The van der Waals surface area contributed by atoms with E-state index < -0.39 is 0 Å². The maximum absolute atomic E-state index is 9.42. The summed E-state index contributed by atoms with van der Waals surface area (Å²) in [6.07, 6.45) is 4.04. The first-order valence-electron chi connectivity index (χ1n) is 4.04. The lowest BCUT2D eigenvalue weighted by Gasteiger charge is -2.14. The van der Waals surface area contributed by atoms with Gasteiger partial charge in [-0.1, -0.05) is 0 Å². The van der Waals surface area contributed by atoms with E-state index >= 15 is 0 Å². The zero-order chi connectivity index (χ0) is 6.01. The van der Waals surface area contributed by atoms with Crippen molar-refractivity contribution in [3.05, 3.63) is 0 Å². The SMILES string of the molecule is O[C@H]1C[C@H]2C[C@@H]1[C@@H]1C[C@H]21. The first kappa shape index (κ1) is 4.73. The lowest BCUT2D eigenvalue weighted by Crippen LogP contribution is -2.17. The van der Waals surface area contributed by atoms with Crippen molar-refractivity contribution in [2.24, 2.45) is 23.7 Å². The van der Waals surface area contributed by atoms with Crippen molar-refractivity contribution in [1.29, 1.82) is 0 Å². The summed E-state index contributed by atoms with van der Waals surface area (Å²) in [5.74, 6) is 3.71. The number of hydrogen-bond donors (Lipinski definition) is 1. The molecule has 50 valence electrons. The number of hydrogen-bond acceptors (Lipinski definition) is 1. The highest BCUT2D eigenvalue weighted by atomic mass is 16.3. The van der Waals surface area contributed by atoms with Gasteiger partial charge in [-0.3, -0.25) is 0 Å². The van der Waals surface area contributed by atoms with Gasteiger partial charge < -0.3 is 5.11 Å². The van der Waals surface area contributed by atoms with Crippen LogP contribution in [0.1, 0.15) is 19.3 Å². The fourth-order valence-corrected chi connectivity index (χ4v) is 3.17. The minimum atomic E-state index is 0.0961. The van der Waals surface area contributed by atoms with Crippen LogP contribution < -0.4 is 0 Å². The van der Waals surface area contributed by atoms with Crippen LogP contribution in [0.15, 0.2) is 0 Å². The fraction of sp³-hybridized carbons (Fsp3) is 1.00. The molecule has 0 unspecified atom stereocenters. The Labute approximate surface area is 55.1 Å². The first-order chi connectivity index (χ1) is 4.36. The van der Waals surface area contributed by atoms with Gasteiger partial charge in [0, 0.05) is 0 Å². The van der Waals surface area contributed by atoms with Gasteiger partial charge >= 0.3 is 0 Å². The molecule has 3 fully saturated rings. The van der Waals surface area contributed by atoms with Crippen LogP contribution in [0.5, 0.6) is 0 Å². The lowest BCUT2D eigenvalue weighted by molar-refractivity contribution is 0.107. The lowest BCUT2D eigenvalue weighted by atomic mass is 9.98. The Hall–Kier alpha value is -0.0400. The first-order valence-corrected chi connectivity index (χ1v) is 4.04. The highest BCUT2D eigenvalue weighted by molar-refractivity contribution is 5.09. The molecular weight excluding hydrogens is 112 g/mol. The highest BCUT2D eigenvalue weighted by Gasteiger charge is 2.60. The topological polar surface area (TPSA) is 20.2 Å². The second-order valence-electron chi connectivity index (χ2n) is 4.03. The third-order valence-corrected chi connectivity index (χ3v) is 3.66. The third kappa shape index (κ3) is 0.420. The summed E-state index contributed by atoms with van der Waals surface area (Å²) in [4.78, 5) is 0. The van der Waals surface area contributed by atoms with E-state index in [9.17, 15) is 5.11 Å². The molecule has 2 bridgehead atoms. The molecule has 0 aromatic carbocycles. The van der Waals surface area contributed by atoms with Crippen molar-refractivity contribution >= 4 is 0 Å². The second-order valence-corrected chi connectivity index (χ2v) is 4.03. The summed E-state index contributed by atoms with van der Waals surface area (Å²) >= 11 is 0. The van der Waals surface area contributed by atoms with Crippen molar-refractivity contribution in [1.82, 2.24) is 0 Å². The van der Waals surface area contributed by atoms with Gasteiger partial charge in [-0.05, 0) is 42.9 Å². The number of aliphatic hydroxyl groups is 1. The van der Waals surface area contributed by atoms with Crippen molar-refractivity contribution < 1.29 is 5.11 Å². The van der Waals surface area contributed by atoms with Crippen molar-refractivity contribution in [2.45, 2.75) is 25.4 Å². The summed E-state index contributed by atoms with van der Waals surface area (Å²) < 4.78 is 0. The van der Waals surface area contributed by atoms with Gasteiger partial charge in [0.05, 0.1) is 6.10 Å². The van der Waals surface area contributed by atoms with Crippen LogP contribution >= 0.6 is 0 Å². The van der Waals surface area contributed by atoms with Crippen molar-refractivity contribution in [2.75, 3.05) is 0 Å². The van der Waals surface area contributed by atoms with E-state index in [2.05, 4.69) is 0 Å². The molecule has 0 radical (unpaired) electrons. The largest absolute Gasteiger partial charge is 0.393 e. The predicted molar refractivity (Wildman–Crippen MR) is 33.8 cm³/mol. The van der Waals surface area contributed by atoms with Gasteiger partial charge in [-0.25, -0.2) is 0 Å². The molecule has 1 heteroatoms. The van der Waals surface area contributed by atoms with Crippen LogP contribution in [0, 0.1) is 23.7 Å². The molecule has 9 heavy (non-hydrogen) atoms. The van der Waals surface area contributed by atoms with E-state index in [1.165, 1.54) is 12.8 Å². The van der Waals surface area contributed by atoms with Gasteiger partial charge in [0.25, 0.3) is 0 Å². The number of rotatable bonds is 0. The zero-order valence-electron chi connectivity index (χ0n) is 5.46. The third-order valence-electron chi connectivity index (χ3n) is 3.66. The molecule has 3 aliphatic rings. The molecule has 0 heterocycles. The van der Waals surface area contributed by atoms with Crippen molar-refractivity contribution in [3.8, 4) is 0 Å².